The summed E-state index contributed by atoms with van der Waals surface area (Å²) in [4.78, 5) is 26.1. The van der Waals surface area contributed by atoms with Crippen LogP contribution in [0.15, 0.2) is 55.4 Å². The molecule has 0 aliphatic rings. The van der Waals surface area contributed by atoms with E-state index < -0.39 is 24.1 Å². The van der Waals surface area contributed by atoms with Crippen LogP contribution in [0.3, 0.4) is 0 Å². The molecule has 0 aliphatic heterocycles. The number of aryl methyl sites for hydroxylation is 1. The molecular weight excluding hydrogens is 648 g/mol. The summed E-state index contributed by atoms with van der Waals surface area (Å²) < 4.78 is 27.4. The molecule has 0 bridgehead atoms. The Kier molecular flexibility index (Phi) is 10.1. The van der Waals surface area contributed by atoms with Crippen LogP contribution in [0.25, 0.3) is 33.3 Å². The molecule has 50 heavy (non-hydrogen) atoms. The number of carbonyl (C=O) groups excluding carboxylic acids is 2. The zero-order valence-electron chi connectivity index (χ0n) is 28.3. The third-order valence-electron chi connectivity index (χ3n) is 8.39. The van der Waals surface area contributed by atoms with E-state index in [9.17, 15) is 19.8 Å². The Bertz CT molecular complexity index is 2160. The predicted octanol–water partition coefficient (Wildman–Crippen LogP) is 2.48. The van der Waals surface area contributed by atoms with Crippen molar-refractivity contribution >= 4 is 23.0 Å². The molecule has 2 N–H and O–H groups in total. The summed E-state index contributed by atoms with van der Waals surface area (Å²) in [6, 6.07) is 5.50. The van der Waals surface area contributed by atoms with E-state index >= 15 is 0 Å². The van der Waals surface area contributed by atoms with E-state index in [1.165, 1.54) is 38.2 Å². The molecule has 0 aromatic carbocycles. The lowest BCUT2D eigenvalue weighted by Crippen LogP contribution is -2.22. The Hall–Kier alpha value is -5.42. The van der Waals surface area contributed by atoms with Crippen LogP contribution in [0.4, 0.5) is 0 Å². The van der Waals surface area contributed by atoms with Gasteiger partial charge >= 0.3 is 11.9 Å². The fourth-order valence-corrected chi connectivity index (χ4v) is 5.92. The van der Waals surface area contributed by atoms with E-state index in [-0.39, 0.29) is 44.0 Å². The summed E-state index contributed by atoms with van der Waals surface area (Å²) in [6.45, 7) is 4.42. The summed E-state index contributed by atoms with van der Waals surface area (Å²) >= 11 is 0. The van der Waals surface area contributed by atoms with Crippen molar-refractivity contribution in [3.05, 3.63) is 83.5 Å². The molecule has 16 heteroatoms. The predicted molar refractivity (Wildman–Crippen MR) is 179 cm³/mol. The minimum atomic E-state index is -0.768. The van der Waals surface area contributed by atoms with Crippen LogP contribution < -0.4 is 0 Å². The van der Waals surface area contributed by atoms with Crippen molar-refractivity contribution in [1.29, 1.82) is 0 Å². The molecule has 0 fully saturated rings. The van der Waals surface area contributed by atoms with E-state index in [1.807, 2.05) is 32.2 Å². The number of aliphatic hydroxyl groups is 2. The second-order valence-electron chi connectivity index (χ2n) is 11.9. The number of hydrogen-bond acceptors (Lipinski definition) is 12. The quantitative estimate of drug-likeness (QED) is 0.160. The smallest absolute Gasteiger partial charge is 0.342 e. The van der Waals surface area contributed by atoms with Gasteiger partial charge in [-0.3, -0.25) is 9.36 Å². The molecule has 6 aromatic rings. The molecule has 0 saturated carbocycles. The van der Waals surface area contributed by atoms with E-state index in [1.54, 1.807) is 38.5 Å². The van der Waals surface area contributed by atoms with Crippen LogP contribution in [0, 0.1) is 13.8 Å². The Morgan fingerprint density at radius 3 is 2.20 bits per heavy atom. The molecule has 0 spiro atoms. The summed E-state index contributed by atoms with van der Waals surface area (Å²) in [5, 5.41) is 38.2. The number of rotatable bonds is 14. The Labute approximate surface area is 286 Å². The average molecular weight is 687 g/mol. The lowest BCUT2D eigenvalue weighted by atomic mass is 10.0. The Morgan fingerprint density at radius 1 is 0.800 bits per heavy atom. The largest absolute Gasteiger partial charge is 0.465 e. The number of aliphatic hydroxyl groups excluding tert-OH is 2. The van der Waals surface area contributed by atoms with Gasteiger partial charge in [0.1, 0.15) is 17.7 Å². The second kappa shape index (κ2) is 14.6. The number of pyridine rings is 2. The number of nitrogens with zero attached hydrogens (tertiary/aromatic N) is 8. The molecule has 0 unspecified atom stereocenters. The molecule has 2 atom stereocenters. The zero-order chi connectivity index (χ0) is 35.5. The Balaban J connectivity index is 1.30. The maximum Gasteiger partial charge on any atom is 0.342 e. The van der Waals surface area contributed by atoms with Gasteiger partial charge in [-0.2, -0.15) is 20.4 Å². The van der Waals surface area contributed by atoms with E-state index in [0.29, 0.717) is 27.7 Å². The standard InChI is InChI=1S/C34H38N8O8/c1-20-30(16-39(38-20)14-24(43)18-47-3)22-6-7-40-31(8-22)29(12-35-40)34(46)50-17-23-13-42-32(28(11-37-42)33(45)49-5)9-26(23)27-10-36-41(21(27)2)15-25(44)19-48-4/h6-13,16,24-25,43-44H,14-15,17-19H2,1-5H3/t24-,25-/m0/s1. The van der Waals surface area contributed by atoms with Gasteiger partial charge in [0.25, 0.3) is 0 Å². The number of hydrogen-bond donors (Lipinski definition) is 2. The highest BCUT2D eigenvalue weighted by molar-refractivity contribution is 5.98. The van der Waals surface area contributed by atoms with Gasteiger partial charge in [-0.15, -0.1) is 0 Å². The summed E-state index contributed by atoms with van der Waals surface area (Å²) in [5.74, 6) is -1.14. The summed E-state index contributed by atoms with van der Waals surface area (Å²) in [6.07, 6.45) is 8.36. The first-order valence-electron chi connectivity index (χ1n) is 15.8. The van der Waals surface area contributed by atoms with Crippen molar-refractivity contribution in [3.63, 3.8) is 0 Å². The molecule has 0 aliphatic carbocycles. The van der Waals surface area contributed by atoms with Crippen molar-refractivity contribution in [2.45, 2.75) is 45.8 Å². The van der Waals surface area contributed by atoms with Crippen LogP contribution >= 0.6 is 0 Å². The molecule has 262 valence electrons. The summed E-state index contributed by atoms with van der Waals surface area (Å²) in [5.41, 5.74) is 6.69. The first-order valence-corrected chi connectivity index (χ1v) is 15.8. The highest BCUT2D eigenvalue weighted by Crippen LogP contribution is 2.31. The van der Waals surface area contributed by atoms with Gasteiger partial charge in [0.15, 0.2) is 0 Å². The van der Waals surface area contributed by atoms with Gasteiger partial charge in [-0.25, -0.2) is 18.6 Å². The lowest BCUT2D eigenvalue weighted by Gasteiger charge is -2.13. The average Bonchev–Trinajstić information content (AvgIpc) is 3.88. The van der Waals surface area contributed by atoms with Gasteiger partial charge < -0.3 is 29.2 Å². The van der Waals surface area contributed by atoms with Crippen LogP contribution in [-0.4, -0.2) is 108 Å². The van der Waals surface area contributed by atoms with Gasteiger partial charge in [0, 0.05) is 55.2 Å². The van der Waals surface area contributed by atoms with E-state index in [0.717, 1.165) is 22.5 Å². The number of ether oxygens (including phenoxy) is 4. The number of esters is 2. The van der Waals surface area contributed by atoms with Crippen molar-refractivity contribution in [3.8, 4) is 22.3 Å². The molecule has 0 saturated heterocycles. The van der Waals surface area contributed by atoms with Crippen molar-refractivity contribution < 1.29 is 38.7 Å². The number of methoxy groups -OCH3 is 3. The maximum absolute atomic E-state index is 13.6. The van der Waals surface area contributed by atoms with E-state index in [2.05, 4.69) is 20.4 Å². The molecular formula is C34H38N8O8. The molecule has 16 nitrogen and oxygen atoms in total. The SMILES string of the molecule is COC[C@@H](O)Cn1cc(-c2ccn3ncc(C(=O)OCc4cn5ncc(C(=O)OC)c5cc4-c4cnn(C[C@H](O)COC)c4C)c3c2)c(C)n1. The monoisotopic (exact) mass is 686 g/mol. The van der Waals surface area contributed by atoms with Crippen molar-refractivity contribution in [1.82, 2.24) is 38.8 Å². The fourth-order valence-electron chi connectivity index (χ4n) is 5.92. The van der Waals surface area contributed by atoms with Crippen LogP contribution in [-0.2, 0) is 38.6 Å². The van der Waals surface area contributed by atoms with Crippen LogP contribution in [0.5, 0.6) is 0 Å². The van der Waals surface area contributed by atoms with Crippen molar-refractivity contribution in [2.24, 2.45) is 0 Å². The first-order chi connectivity index (χ1) is 24.1. The maximum atomic E-state index is 13.6. The molecule has 6 heterocycles. The molecule has 0 radical (unpaired) electrons. The molecule has 6 aromatic heterocycles. The molecule has 6 rings (SSSR count). The fraction of sp³-hybridized carbons (Fsp3) is 0.353. The normalized spacial score (nSPS) is 12.9. The minimum Gasteiger partial charge on any atom is -0.465 e. The summed E-state index contributed by atoms with van der Waals surface area (Å²) in [7, 11) is 4.34. The first kappa shape index (κ1) is 34.4. The van der Waals surface area contributed by atoms with Crippen LogP contribution in [0.2, 0.25) is 0 Å². The zero-order valence-corrected chi connectivity index (χ0v) is 28.3. The third-order valence-corrected chi connectivity index (χ3v) is 8.39. The third kappa shape index (κ3) is 6.86. The Morgan fingerprint density at radius 2 is 1.48 bits per heavy atom. The van der Waals surface area contributed by atoms with Gasteiger partial charge in [0.2, 0.25) is 0 Å². The minimum absolute atomic E-state index is 0.138. The number of carbonyl (C=O) groups is 2. The lowest BCUT2D eigenvalue weighted by molar-refractivity contribution is 0.0474. The number of aromatic nitrogens is 8. The van der Waals surface area contributed by atoms with Crippen LogP contribution in [0.1, 0.15) is 37.7 Å². The second-order valence-corrected chi connectivity index (χ2v) is 11.9. The highest BCUT2D eigenvalue weighted by Gasteiger charge is 2.22. The molecule has 0 amide bonds. The van der Waals surface area contributed by atoms with Gasteiger partial charge in [0.05, 0.1) is 80.9 Å². The highest BCUT2D eigenvalue weighted by atomic mass is 16.5. The van der Waals surface area contributed by atoms with Crippen molar-refractivity contribution in [2.75, 3.05) is 34.5 Å². The number of fused-ring (bicyclic) bond motifs is 2. The van der Waals surface area contributed by atoms with Gasteiger partial charge in [-0.1, -0.05) is 0 Å². The topological polar surface area (TPSA) is 182 Å². The van der Waals surface area contributed by atoms with E-state index in [4.69, 9.17) is 18.9 Å². The van der Waals surface area contributed by atoms with Gasteiger partial charge in [-0.05, 0) is 43.2 Å².